The Kier molecular flexibility index (Phi) is 4.75. The van der Waals surface area contributed by atoms with Gasteiger partial charge in [0.05, 0.1) is 0 Å². The number of nitrogens with one attached hydrogen (secondary N) is 1. The Bertz CT molecular complexity index is 625. The van der Waals surface area contributed by atoms with E-state index in [1.165, 1.54) is 0 Å². The molecule has 1 aromatic carbocycles. The molecule has 1 aliphatic heterocycles. The summed E-state index contributed by atoms with van der Waals surface area (Å²) in [5, 5.41) is 2.87. The SMILES string of the molecule is O=C(CC1CCOCC1)Nc1ccnc(-c2ccccc2)n1. The van der Waals surface area contributed by atoms with E-state index in [4.69, 9.17) is 4.74 Å². The fraction of sp³-hybridized carbons (Fsp3) is 0.353. The van der Waals surface area contributed by atoms with E-state index in [1.807, 2.05) is 30.3 Å². The van der Waals surface area contributed by atoms with Crippen molar-refractivity contribution in [1.29, 1.82) is 0 Å². The van der Waals surface area contributed by atoms with Crippen LogP contribution in [0.5, 0.6) is 0 Å². The molecule has 0 aliphatic carbocycles. The second-order valence-corrected chi connectivity index (χ2v) is 5.44. The van der Waals surface area contributed by atoms with Crippen LogP contribution in [-0.2, 0) is 9.53 Å². The van der Waals surface area contributed by atoms with Crippen molar-refractivity contribution in [3.05, 3.63) is 42.6 Å². The number of hydrogen-bond acceptors (Lipinski definition) is 4. The van der Waals surface area contributed by atoms with Crippen LogP contribution in [0.25, 0.3) is 11.4 Å². The van der Waals surface area contributed by atoms with Crippen LogP contribution in [0.1, 0.15) is 19.3 Å². The molecular weight excluding hydrogens is 278 g/mol. The molecule has 1 N–H and O–H groups in total. The van der Waals surface area contributed by atoms with Crippen LogP contribution in [0.3, 0.4) is 0 Å². The molecule has 1 saturated heterocycles. The molecule has 0 unspecified atom stereocenters. The zero-order valence-electron chi connectivity index (χ0n) is 12.4. The van der Waals surface area contributed by atoms with Crippen molar-refractivity contribution < 1.29 is 9.53 Å². The smallest absolute Gasteiger partial charge is 0.225 e. The normalized spacial score (nSPS) is 15.5. The molecule has 5 nitrogen and oxygen atoms in total. The van der Waals surface area contributed by atoms with E-state index >= 15 is 0 Å². The summed E-state index contributed by atoms with van der Waals surface area (Å²) in [5.41, 5.74) is 0.933. The number of carbonyl (C=O) groups is 1. The van der Waals surface area contributed by atoms with E-state index in [-0.39, 0.29) is 5.91 Å². The molecule has 0 bridgehead atoms. The average molecular weight is 297 g/mol. The predicted octanol–water partition coefficient (Wildman–Crippen LogP) is 2.90. The third-order valence-corrected chi connectivity index (χ3v) is 3.77. The van der Waals surface area contributed by atoms with Gasteiger partial charge in [0, 0.05) is 31.4 Å². The second-order valence-electron chi connectivity index (χ2n) is 5.44. The van der Waals surface area contributed by atoms with Crippen molar-refractivity contribution in [2.75, 3.05) is 18.5 Å². The summed E-state index contributed by atoms with van der Waals surface area (Å²) >= 11 is 0. The quantitative estimate of drug-likeness (QED) is 0.942. The molecule has 0 saturated carbocycles. The van der Waals surface area contributed by atoms with Gasteiger partial charge in [-0.05, 0) is 24.8 Å². The molecule has 3 rings (SSSR count). The summed E-state index contributed by atoms with van der Waals surface area (Å²) < 4.78 is 5.31. The molecular formula is C17H19N3O2. The number of amides is 1. The highest BCUT2D eigenvalue weighted by molar-refractivity contribution is 5.90. The number of hydrogen-bond donors (Lipinski definition) is 1. The molecule has 0 radical (unpaired) electrons. The van der Waals surface area contributed by atoms with E-state index < -0.39 is 0 Å². The minimum absolute atomic E-state index is 0.00427. The third-order valence-electron chi connectivity index (χ3n) is 3.77. The minimum atomic E-state index is 0.00427. The first kappa shape index (κ1) is 14.7. The number of carbonyl (C=O) groups excluding carboxylic acids is 1. The van der Waals surface area contributed by atoms with Gasteiger partial charge < -0.3 is 10.1 Å². The fourth-order valence-electron chi connectivity index (χ4n) is 2.56. The molecule has 22 heavy (non-hydrogen) atoms. The Morgan fingerprint density at radius 2 is 1.95 bits per heavy atom. The summed E-state index contributed by atoms with van der Waals surface area (Å²) in [4.78, 5) is 20.8. The lowest BCUT2D eigenvalue weighted by Crippen LogP contribution is -2.22. The first-order chi connectivity index (χ1) is 10.8. The lowest BCUT2D eigenvalue weighted by atomic mass is 9.96. The largest absolute Gasteiger partial charge is 0.381 e. The van der Waals surface area contributed by atoms with E-state index in [9.17, 15) is 4.79 Å². The van der Waals surface area contributed by atoms with E-state index in [2.05, 4.69) is 15.3 Å². The molecule has 2 heterocycles. The van der Waals surface area contributed by atoms with Crippen molar-refractivity contribution in [1.82, 2.24) is 9.97 Å². The van der Waals surface area contributed by atoms with Gasteiger partial charge in [-0.3, -0.25) is 4.79 Å². The Balaban J connectivity index is 1.64. The average Bonchev–Trinajstić information content (AvgIpc) is 2.57. The summed E-state index contributed by atoms with van der Waals surface area (Å²) in [6, 6.07) is 11.4. The topological polar surface area (TPSA) is 64.1 Å². The number of ether oxygens (including phenoxy) is 1. The van der Waals surface area contributed by atoms with Gasteiger partial charge in [-0.25, -0.2) is 9.97 Å². The van der Waals surface area contributed by atoms with Crippen molar-refractivity contribution in [2.24, 2.45) is 5.92 Å². The summed E-state index contributed by atoms with van der Waals surface area (Å²) in [6.45, 7) is 1.51. The maximum Gasteiger partial charge on any atom is 0.225 e. The van der Waals surface area contributed by atoms with Crippen LogP contribution in [0, 0.1) is 5.92 Å². The van der Waals surface area contributed by atoms with Crippen LogP contribution < -0.4 is 5.32 Å². The number of benzene rings is 1. The monoisotopic (exact) mass is 297 g/mol. The molecule has 1 fully saturated rings. The molecule has 0 atom stereocenters. The molecule has 1 amide bonds. The highest BCUT2D eigenvalue weighted by Gasteiger charge is 2.17. The standard InChI is InChI=1S/C17H19N3O2/c21-16(12-13-7-10-22-11-8-13)19-15-6-9-18-17(20-15)14-4-2-1-3-5-14/h1-6,9,13H,7-8,10-12H2,(H,18,19,20,21). The summed E-state index contributed by atoms with van der Waals surface area (Å²) in [6.07, 6.45) is 4.09. The number of nitrogens with zero attached hydrogens (tertiary/aromatic N) is 2. The van der Waals surface area contributed by atoms with Gasteiger partial charge in [-0.1, -0.05) is 30.3 Å². The lowest BCUT2D eigenvalue weighted by Gasteiger charge is -2.21. The van der Waals surface area contributed by atoms with Gasteiger partial charge in [0.1, 0.15) is 5.82 Å². The van der Waals surface area contributed by atoms with Gasteiger partial charge in [-0.15, -0.1) is 0 Å². The van der Waals surface area contributed by atoms with Crippen LogP contribution in [-0.4, -0.2) is 29.1 Å². The van der Waals surface area contributed by atoms with Gasteiger partial charge in [0.25, 0.3) is 0 Å². The van der Waals surface area contributed by atoms with E-state index in [0.29, 0.717) is 24.0 Å². The van der Waals surface area contributed by atoms with Crippen molar-refractivity contribution in [2.45, 2.75) is 19.3 Å². The zero-order chi connectivity index (χ0) is 15.2. The van der Waals surface area contributed by atoms with Crippen LogP contribution in [0.15, 0.2) is 42.6 Å². The zero-order valence-corrected chi connectivity index (χ0v) is 12.4. The minimum Gasteiger partial charge on any atom is -0.381 e. The van der Waals surface area contributed by atoms with Crippen LogP contribution >= 0.6 is 0 Å². The van der Waals surface area contributed by atoms with Crippen molar-refractivity contribution in [3.8, 4) is 11.4 Å². The Hall–Kier alpha value is -2.27. The Morgan fingerprint density at radius 3 is 2.73 bits per heavy atom. The lowest BCUT2D eigenvalue weighted by molar-refractivity contribution is -0.117. The Labute approximate surface area is 129 Å². The number of anilines is 1. The summed E-state index contributed by atoms with van der Waals surface area (Å²) in [7, 11) is 0. The van der Waals surface area contributed by atoms with E-state index in [1.54, 1.807) is 12.3 Å². The van der Waals surface area contributed by atoms with Gasteiger partial charge in [0.15, 0.2) is 5.82 Å². The fourth-order valence-corrected chi connectivity index (χ4v) is 2.56. The molecule has 114 valence electrons. The molecule has 2 aromatic rings. The number of aromatic nitrogens is 2. The molecule has 1 aliphatic rings. The highest BCUT2D eigenvalue weighted by Crippen LogP contribution is 2.20. The van der Waals surface area contributed by atoms with Gasteiger partial charge in [0.2, 0.25) is 5.91 Å². The van der Waals surface area contributed by atoms with Gasteiger partial charge >= 0.3 is 0 Å². The summed E-state index contributed by atoms with van der Waals surface area (Å²) in [5.74, 6) is 1.57. The first-order valence-electron chi connectivity index (χ1n) is 7.57. The maximum atomic E-state index is 12.1. The number of rotatable bonds is 4. The second kappa shape index (κ2) is 7.13. The van der Waals surface area contributed by atoms with Crippen LogP contribution in [0.4, 0.5) is 5.82 Å². The maximum absolute atomic E-state index is 12.1. The predicted molar refractivity (Wildman–Crippen MR) is 84.3 cm³/mol. The molecule has 5 heteroatoms. The molecule has 0 spiro atoms. The third kappa shape index (κ3) is 3.89. The van der Waals surface area contributed by atoms with E-state index in [0.717, 1.165) is 31.6 Å². The van der Waals surface area contributed by atoms with Crippen molar-refractivity contribution >= 4 is 11.7 Å². The van der Waals surface area contributed by atoms with Gasteiger partial charge in [-0.2, -0.15) is 0 Å². The van der Waals surface area contributed by atoms with Crippen molar-refractivity contribution in [3.63, 3.8) is 0 Å². The molecule has 1 aromatic heterocycles. The highest BCUT2D eigenvalue weighted by atomic mass is 16.5. The van der Waals surface area contributed by atoms with Crippen LogP contribution in [0.2, 0.25) is 0 Å². The first-order valence-corrected chi connectivity index (χ1v) is 7.57. The Morgan fingerprint density at radius 1 is 1.18 bits per heavy atom.